The van der Waals surface area contributed by atoms with Crippen LogP contribution in [0.2, 0.25) is 0 Å². The summed E-state index contributed by atoms with van der Waals surface area (Å²) in [5.74, 6) is 0. The first-order valence-corrected chi connectivity index (χ1v) is 5.19. The molecule has 1 heterocycles. The first kappa shape index (κ1) is 12.0. The summed E-state index contributed by atoms with van der Waals surface area (Å²) < 4.78 is 6.73. The van der Waals surface area contributed by atoms with Gasteiger partial charge in [0.2, 0.25) is 0 Å². The van der Waals surface area contributed by atoms with Crippen molar-refractivity contribution < 1.29 is 4.74 Å². The molecule has 0 saturated carbocycles. The van der Waals surface area contributed by atoms with Gasteiger partial charge in [0.25, 0.3) is 0 Å². The van der Waals surface area contributed by atoms with Gasteiger partial charge in [-0.15, -0.1) is 0 Å². The zero-order valence-electron chi connectivity index (χ0n) is 9.44. The highest BCUT2D eigenvalue weighted by atomic mass is 16.5. The molecule has 0 aliphatic rings. The molecular weight excluding hydrogens is 192 g/mol. The predicted molar refractivity (Wildman–Crippen MR) is 60.8 cm³/mol. The molecule has 3 N–H and O–H groups in total. The van der Waals surface area contributed by atoms with Crippen molar-refractivity contribution in [2.24, 2.45) is 12.8 Å². The third-order valence-electron chi connectivity index (χ3n) is 2.20. The third-order valence-corrected chi connectivity index (χ3v) is 2.20. The van der Waals surface area contributed by atoms with Crippen LogP contribution in [0.25, 0.3) is 0 Å². The van der Waals surface area contributed by atoms with Crippen molar-refractivity contribution >= 4 is 5.69 Å². The minimum absolute atomic E-state index is 0.167. The molecule has 15 heavy (non-hydrogen) atoms. The van der Waals surface area contributed by atoms with Gasteiger partial charge < -0.3 is 15.8 Å². The molecule has 0 aliphatic heterocycles. The molecule has 86 valence electrons. The van der Waals surface area contributed by atoms with E-state index in [0.717, 1.165) is 31.7 Å². The minimum atomic E-state index is 0.167. The van der Waals surface area contributed by atoms with Crippen LogP contribution in [0.1, 0.15) is 12.8 Å². The van der Waals surface area contributed by atoms with E-state index in [9.17, 15) is 0 Å². The molecule has 1 rings (SSSR count). The van der Waals surface area contributed by atoms with E-state index in [1.54, 1.807) is 18.0 Å². The van der Waals surface area contributed by atoms with Crippen LogP contribution < -0.4 is 11.1 Å². The van der Waals surface area contributed by atoms with E-state index in [0.29, 0.717) is 0 Å². The molecule has 0 amide bonds. The Morgan fingerprint density at radius 1 is 1.67 bits per heavy atom. The molecule has 1 aromatic heterocycles. The number of hydrogen-bond donors (Lipinski definition) is 2. The Balaban J connectivity index is 2.13. The summed E-state index contributed by atoms with van der Waals surface area (Å²) in [6.45, 7) is 1.55. The normalized spacial score (nSPS) is 12.7. The first-order valence-electron chi connectivity index (χ1n) is 5.19. The van der Waals surface area contributed by atoms with Crippen molar-refractivity contribution in [3.8, 4) is 0 Å². The number of rotatable bonds is 7. The van der Waals surface area contributed by atoms with Crippen LogP contribution in [-0.4, -0.2) is 36.1 Å². The lowest BCUT2D eigenvalue weighted by Gasteiger charge is -2.11. The van der Waals surface area contributed by atoms with E-state index in [1.807, 2.05) is 13.2 Å². The second-order valence-corrected chi connectivity index (χ2v) is 3.68. The Labute approximate surface area is 90.6 Å². The summed E-state index contributed by atoms with van der Waals surface area (Å²) >= 11 is 0. The highest BCUT2D eigenvalue weighted by Crippen LogP contribution is 2.04. The van der Waals surface area contributed by atoms with Gasteiger partial charge in [-0.25, -0.2) is 0 Å². The van der Waals surface area contributed by atoms with Crippen molar-refractivity contribution in [3.63, 3.8) is 0 Å². The molecule has 1 unspecified atom stereocenters. The molecule has 0 bridgehead atoms. The van der Waals surface area contributed by atoms with E-state index >= 15 is 0 Å². The lowest BCUT2D eigenvalue weighted by molar-refractivity contribution is 0.191. The third kappa shape index (κ3) is 4.80. The van der Waals surface area contributed by atoms with Crippen LogP contribution in [0.5, 0.6) is 0 Å². The first-order chi connectivity index (χ1) is 7.22. The number of aryl methyl sites for hydroxylation is 1. The Bertz CT molecular complexity index is 274. The molecule has 0 saturated heterocycles. The van der Waals surface area contributed by atoms with E-state index in [4.69, 9.17) is 10.5 Å². The monoisotopic (exact) mass is 212 g/mol. The van der Waals surface area contributed by atoms with Crippen molar-refractivity contribution in [2.75, 3.05) is 25.6 Å². The van der Waals surface area contributed by atoms with Gasteiger partial charge >= 0.3 is 0 Å². The molecule has 1 aromatic rings. The predicted octanol–water partition coefficient (Wildman–Crippen LogP) is 0.586. The lowest BCUT2D eigenvalue weighted by Crippen LogP contribution is -2.29. The van der Waals surface area contributed by atoms with Crippen LogP contribution in [0.3, 0.4) is 0 Å². The molecule has 0 spiro atoms. The topological polar surface area (TPSA) is 65.1 Å². The summed E-state index contributed by atoms with van der Waals surface area (Å²) in [5, 5.41) is 7.31. The van der Waals surface area contributed by atoms with E-state index in [-0.39, 0.29) is 6.04 Å². The van der Waals surface area contributed by atoms with Gasteiger partial charge in [0, 0.05) is 39.5 Å². The average molecular weight is 212 g/mol. The molecule has 0 fully saturated rings. The van der Waals surface area contributed by atoms with E-state index in [1.165, 1.54) is 0 Å². The van der Waals surface area contributed by atoms with Crippen LogP contribution in [0, 0.1) is 0 Å². The summed E-state index contributed by atoms with van der Waals surface area (Å²) in [6.07, 6.45) is 5.71. The summed E-state index contributed by atoms with van der Waals surface area (Å²) in [6, 6.07) is 0.167. The van der Waals surface area contributed by atoms with Gasteiger partial charge in [-0.05, 0) is 12.8 Å². The number of methoxy groups -OCH3 is 1. The Morgan fingerprint density at radius 3 is 3.07 bits per heavy atom. The standard InChI is InChI=1S/C10H20N4O/c1-14-8-10(7-13-14)12-6-9(11)4-3-5-15-2/h7-9,12H,3-6,11H2,1-2H3. The fraction of sp³-hybridized carbons (Fsp3) is 0.700. The molecule has 1 atom stereocenters. The number of hydrogen-bond acceptors (Lipinski definition) is 4. The van der Waals surface area contributed by atoms with Crippen LogP contribution in [-0.2, 0) is 11.8 Å². The summed E-state index contributed by atoms with van der Waals surface area (Å²) in [5.41, 5.74) is 6.94. The van der Waals surface area contributed by atoms with Gasteiger partial charge in [-0.1, -0.05) is 0 Å². The van der Waals surface area contributed by atoms with Crippen molar-refractivity contribution in [1.29, 1.82) is 0 Å². The zero-order chi connectivity index (χ0) is 11.1. The van der Waals surface area contributed by atoms with Crippen molar-refractivity contribution in [3.05, 3.63) is 12.4 Å². The fourth-order valence-electron chi connectivity index (χ4n) is 1.35. The molecule has 0 aliphatic carbocycles. The maximum atomic E-state index is 5.92. The number of nitrogens with two attached hydrogens (primary N) is 1. The smallest absolute Gasteiger partial charge is 0.0726 e. The second kappa shape index (κ2) is 6.42. The van der Waals surface area contributed by atoms with Gasteiger partial charge in [-0.2, -0.15) is 5.10 Å². The Kier molecular flexibility index (Phi) is 5.14. The van der Waals surface area contributed by atoms with Crippen LogP contribution >= 0.6 is 0 Å². The Hall–Kier alpha value is -1.07. The largest absolute Gasteiger partial charge is 0.385 e. The summed E-state index contributed by atoms with van der Waals surface area (Å²) in [7, 11) is 3.60. The van der Waals surface area contributed by atoms with Crippen LogP contribution in [0.15, 0.2) is 12.4 Å². The van der Waals surface area contributed by atoms with Gasteiger partial charge in [0.1, 0.15) is 0 Å². The van der Waals surface area contributed by atoms with Gasteiger partial charge in [0.15, 0.2) is 0 Å². The maximum absolute atomic E-state index is 5.92. The van der Waals surface area contributed by atoms with Gasteiger partial charge in [-0.3, -0.25) is 4.68 Å². The number of nitrogens with zero attached hydrogens (tertiary/aromatic N) is 2. The van der Waals surface area contributed by atoms with Crippen molar-refractivity contribution in [2.45, 2.75) is 18.9 Å². The molecule has 0 aromatic carbocycles. The van der Waals surface area contributed by atoms with E-state index < -0.39 is 0 Å². The quantitative estimate of drug-likeness (QED) is 0.649. The molecular formula is C10H20N4O. The fourth-order valence-corrected chi connectivity index (χ4v) is 1.35. The number of aromatic nitrogens is 2. The minimum Gasteiger partial charge on any atom is -0.385 e. The van der Waals surface area contributed by atoms with Crippen LogP contribution in [0.4, 0.5) is 5.69 Å². The molecule has 5 heteroatoms. The molecule has 5 nitrogen and oxygen atoms in total. The molecule has 0 radical (unpaired) electrons. The van der Waals surface area contributed by atoms with Gasteiger partial charge in [0.05, 0.1) is 11.9 Å². The SMILES string of the molecule is COCCCC(N)CNc1cnn(C)c1. The Morgan fingerprint density at radius 2 is 2.47 bits per heavy atom. The van der Waals surface area contributed by atoms with Crippen molar-refractivity contribution in [1.82, 2.24) is 9.78 Å². The maximum Gasteiger partial charge on any atom is 0.0726 e. The highest BCUT2D eigenvalue weighted by Gasteiger charge is 2.02. The average Bonchev–Trinajstić information content (AvgIpc) is 2.62. The highest BCUT2D eigenvalue weighted by molar-refractivity contribution is 5.38. The lowest BCUT2D eigenvalue weighted by atomic mass is 10.2. The number of ether oxygens (including phenoxy) is 1. The zero-order valence-corrected chi connectivity index (χ0v) is 9.44. The van der Waals surface area contributed by atoms with E-state index in [2.05, 4.69) is 10.4 Å². The number of anilines is 1. The second-order valence-electron chi connectivity index (χ2n) is 3.68. The number of nitrogens with one attached hydrogen (secondary N) is 1. The summed E-state index contributed by atoms with van der Waals surface area (Å²) in [4.78, 5) is 0.